The minimum absolute atomic E-state index is 0.0707. The molecule has 5 rings (SSSR count). The zero-order valence-corrected chi connectivity index (χ0v) is 21.0. The van der Waals surface area contributed by atoms with E-state index in [1.165, 1.54) is 11.3 Å². The monoisotopic (exact) mass is 504 g/mol. The fraction of sp³-hybridized carbons (Fsp3) is 0.148. The van der Waals surface area contributed by atoms with Crippen molar-refractivity contribution < 1.29 is 18.3 Å². The molecule has 3 aromatic carbocycles. The minimum atomic E-state index is -3.83. The Labute approximate surface area is 207 Å². The lowest BCUT2D eigenvalue weighted by Gasteiger charge is -2.19. The number of carbonyl (C=O) groups is 1. The third-order valence-corrected chi connectivity index (χ3v) is 8.41. The third kappa shape index (κ3) is 4.19. The minimum Gasteiger partial charge on any atom is -0.477 e. The molecule has 0 bridgehead atoms. The van der Waals surface area contributed by atoms with Gasteiger partial charge < -0.3 is 10.1 Å². The highest BCUT2D eigenvalue weighted by Gasteiger charge is 2.23. The Balaban J connectivity index is 1.59. The highest BCUT2D eigenvalue weighted by molar-refractivity contribution is 7.92. The van der Waals surface area contributed by atoms with Crippen molar-refractivity contribution in [3.63, 3.8) is 0 Å². The van der Waals surface area contributed by atoms with Crippen LogP contribution in [0.25, 0.3) is 32.1 Å². The molecule has 0 unspecified atom stereocenters. The van der Waals surface area contributed by atoms with Crippen molar-refractivity contribution in [1.82, 2.24) is 4.98 Å². The van der Waals surface area contributed by atoms with Gasteiger partial charge in [0.15, 0.2) is 0 Å². The molecule has 0 amide bonds. The van der Waals surface area contributed by atoms with E-state index in [2.05, 4.69) is 30.5 Å². The fourth-order valence-electron chi connectivity index (χ4n) is 4.22. The summed E-state index contributed by atoms with van der Waals surface area (Å²) in [4.78, 5) is 15.2. The molecule has 3 N–H and O–H groups in total. The summed E-state index contributed by atoms with van der Waals surface area (Å²) in [6.07, 6.45) is 0. The summed E-state index contributed by atoms with van der Waals surface area (Å²) in [5.74, 6) is -1.08. The predicted molar refractivity (Wildman–Crippen MR) is 142 cm³/mol. The van der Waals surface area contributed by atoms with E-state index >= 15 is 0 Å². The number of sulfonamides is 1. The topological polar surface area (TPSA) is 99.3 Å². The van der Waals surface area contributed by atoms with E-state index in [4.69, 9.17) is 0 Å². The fourth-order valence-corrected chi connectivity index (χ4v) is 6.22. The van der Waals surface area contributed by atoms with E-state index in [0.29, 0.717) is 22.2 Å². The van der Waals surface area contributed by atoms with Crippen LogP contribution in [-0.4, -0.2) is 24.5 Å². The number of carboxylic acids is 1. The summed E-state index contributed by atoms with van der Waals surface area (Å²) in [5, 5.41) is 13.4. The molecule has 0 aliphatic heterocycles. The van der Waals surface area contributed by atoms with E-state index in [1.807, 2.05) is 41.8 Å². The lowest BCUT2D eigenvalue weighted by atomic mass is 9.87. The van der Waals surface area contributed by atoms with E-state index < -0.39 is 16.0 Å². The number of nitrogens with one attached hydrogen (secondary N) is 2. The molecule has 0 spiro atoms. The maximum absolute atomic E-state index is 13.1. The molecule has 8 heteroatoms. The van der Waals surface area contributed by atoms with Gasteiger partial charge in [0.05, 0.1) is 4.90 Å². The zero-order valence-electron chi connectivity index (χ0n) is 19.4. The summed E-state index contributed by atoms with van der Waals surface area (Å²) < 4.78 is 29.9. The molecule has 2 aromatic heterocycles. The van der Waals surface area contributed by atoms with E-state index in [0.717, 1.165) is 21.2 Å². The normalized spacial score (nSPS) is 12.3. The predicted octanol–water partition coefficient (Wildman–Crippen LogP) is 6.85. The van der Waals surface area contributed by atoms with Gasteiger partial charge in [-0.1, -0.05) is 51.1 Å². The molecule has 0 aliphatic carbocycles. The Bertz CT molecular complexity index is 1690. The molecule has 0 atom stereocenters. The summed E-state index contributed by atoms with van der Waals surface area (Å²) >= 11 is 1.54. The van der Waals surface area contributed by atoms with Gasteiger partial charge in [-0.2, -0.15) is 0 Å². The van der Waals surface area contributed by atoms with Gasteiger partial charge in [0.2, 0.25) is 0 Å². The first-order valence-corrected chi connectivity index (χ1v) is 13.4. The van der Waals surface area contributed by atoms with Crippen molar-refractivity contribution in [1.29, 1.82) is 0 Å². The van der Waals surface area contributed by atoms with Crippen LogP contribution in [-0.2, 0) is 15.4 Å². The first-order chi connectivity index (χ1) is 16.5. The van der Waals surface area contributed by atoms with Crippen LogP contribution < -0.4 is 4.72 Å². The van der Waals surface area contributed by atoms with Crippen molar-refractivity contribution >= 4 is 54.0 Å². The van der Waals surface area contributed by atoms with Gasteiger partial charge in [0, 0.05) is 37.8 Å². The van der Waals surface area contributed by atoms with Crippen LogP contribution in [0.1, 0.15) is 36.8 Å². The van der Waals surface area contributed by atoms with E-state index in [1.54, 1.807) is 30.3 Å². The first kappa shape index (κ1) is 23.1. The summed E-state index contributed by atoms with van der Waals surface area (Å²) in [7, 11) is -3.83. The molecule has 0 saturated carbocycles. The van der Waals surface area contributed by atoms with Gasteiger partial charge in [-0.3, -0.25) is 4.72 Å². The van der Waals surface area contributed by atoms with Crippen LogP contribution in [0.15, 0.2) is 77.0 Å². The number of thiophene rings is 1. The van der Waals surface area contributed by atoms with Crippen LogP contribution >= 0.6 is 11.3 Å². The largest absolute Gasteiger partial charge is 0.477 e. The maximum atomic E-state index is 13.1. The Hall–Kier alpha value is -3.62. The van der Waals surface area contributed by atoms with Crippen LogP contribution in [0.2, 0.25) is 0 Å². The molecule has 178 valence electrons. The number of aromatic carboxylic acids is 1. The number of hydrogen-bond acceptors (Lipinski definition) is 4. The number of benzene rings is 3. The average molecular weight is 505 g/mol. The highest BCUT2D eigenvalue weighted by atomic mass is 32.2. The van der Waals surface area contributed by atoms with Gasteiger partial charge in [0.1, 0.15) is 5.69 Å². The summed E-state index contributed by atoms with van der Waals surface area (Å²) in [6.45, 7) is 6.21. The lowest BCUT2D eigenvalue weighted by Crippen LogP contribution is -2.14. The van der Waals surface area contributed by atoms with Crippen LogP contribution in [0, 0.1) is 0 Å². The smallest absolute Gasteiger partial charge is 0.352 e. The molecule has 35 heavy (non-hydrogen) atoms. The molecule has 0 saturated heterocycles. The second-order valence-corrected chi connectivity index (χ2v) is 12.1. The number of hydrogen-bond donors (Lipinski definition) is 3. The Kier molecular flexibility index (Phi) is 5.45. The third-order valence-electron chi connectivity index (χ3n) is 6.05. The molecular formula is C27H24N2O4S2. The highest BCUT2D eigenvalue weighted by Crippen LogP contribution is 2.40. The molecular weight excluding hydrogens is 480 g/mol. The van der Waals surface area contributed by atoms with Crippen LogP contribution in [0.4, 0.5) is 5.69 Å². The van der Waals surface area contributed by atoms with Crippen molar-refractivity contribution in [3.8, 4) is 11.1 Å². The van der Waals surface area contributed by atoms with Crippen molar-refractivity contribution in [2.24, 2.45) is 0 Å². The van der Waals surface area contributed by atoms with E-state index in [-0.39, 0.29) is 16.0 Å². The molecule has 6 nitrogen and oxygen atoms in total. The average Bonchev–Trinajstić information content (AvgIpc) is 3.39. The number of anilines is 1. The van der Waals surface area contributed by atoms with E-state index in [9.17, 15) is 18.3 Å². The SMILES string of the molecule is CC(C)(C)c1ccc(S(=O)(=O)Nc2ccc3[nH]c(C(=O)O)c(-c4csc5ccccc45)c3c2)cc1. The zero-order chi connectivity index (χ0) is 25.0. The molecule has 2 heterocycles. The Morgan fingerprint density at radius 3 is 2.37 bits per heavy atom. The second kappa shape index (κ2) is 8.25. The van der Waals surface area contributed by atoms with Gasteiger partial charge in [0.25, 0.3) is 10.0 Å². The lowest BCUT2D eigenvalue weighted by molar-refractivity contribution is 0.0692. The van der Waals surface area contributed by atoms with Crippen molar-refractivity contribution in [2.45, 2.75) is 31.1 Å². The Morgan fingerprint density at radius 1 is 0.971 bits per heavy atom. The molecule has 5 aromatic rings. The molecule has 0 radical (unpaired) electrons. The summed E-state index contributed by atoms with van der Waals surface area (Å²) in [6, 6.07) is 19.7. The number of carboxylic acid groups (broad SMARTS) is 1. The quantitative estimate of drug-likeness (QED) is 0.244. The number of fused-ring (bicyclic) bond motifs is 2. The Morgan fingerprint density at radius 2 is 1.69 bits per heavy atom. The molecule has 0 aliphatic rings. The van der Waals surface area contributed by atoms with Gasteiger partial charge in [-0.25, -0.2) is 13.2 Å². The van der Waals surface area contributed by atoms with Crippen molar-refractivity contribution in [2.75, 3.05) is 4.72 Å². The standard InChI is InChI=1S/C27H24N2O4S2/c1-27(2,3)16-8-11-18(12-9-16)35(32,33)29-17-10-13-22-20(14-17)24(25(28-22)26(30)31)21-15-34-23-7-5-4-6-19(21)23/h4-15,28-29H,1-3H3,(H,30,31). The number of aromatic nitrogens is 1. The number of aromatic amines is 1. The van der Waals surface area contributed by atoms with Gasteiger partial charge in [-0.15, -0.1) is 11.3 Å². The first-order valence-electron chi connectivity index (χ1n) is 11.0. The number of rotatable bonds is 5. The summed E-state index contributed by atoms with van der Waals surface area (Å²) in [5.41, 5.74) is 3.34. The van der Waals surface area contributed by atoms with Crippen LogP contribution in [0.5, 0.6) is 0 Å². The van der Waals surface area contributed by atoms with Gasteiger partial charge in [-0.05, 0) is 52.8 Å². The van der Waals surface area contributed by atoms with Crippen LogP contribution in [0.3, 0.4) is 0 Å². The number of H-pyrrole nitrogens is 1. The maximum Gasteiger partial charge on any atom is 0.352 e. The van der Waals surface area contributed by atoms with Gasteiger partial charge >= 0.3 is 5.97 Å². The van der Waals surface area contributed by atoms with Crippen molar-refractivity contribution in [3.05, 3.63) is 83.4 Å². The molecule has 0 fully saturated rings. The second-order valence-electron chi connectivity index (χ2n) is 9.47.